The minimum atomic E-state index is 0.0928. The van der Waals surface area contributed by atoms with E-state index >= 15 is 0 Å². The Balaban J connectivity index is 2.04. The van der Waals surface area contributed by atoms with Crippen LogP contribution in [0.3, 0.4) is 0 Å². The molecule has 1 saturated heterocycles. The summed E-state index contributed by atoms with van der Waals surface area (Å²) in [4.78, 5) is 13.7. The van der Waals surface area contributed by atoms with Crippen LogP contribution in [0.2, 0.25) is 0 Å². The van der Waals surface area contributed by atoms with Crippen LogP contribution >= 0.6 is 0 Å². The van der Waals surface area contributed by atoms with Gasteiger partial charge in [0.2, 0.25) is 5.91 Å². The first-order valence-electron chi connectivity index (χ1n) is 6.77. The van der Waals surface area contributed by atoms with Gasteiger partial charge in [-0.2, -0.15) is 0 Å². The van der Waals surface area contributed by atoms with Crippen LogP contribution in [0.15, 0.2) is 0 Å². The van der Waals surface area contributed by atoms with E-state index in [0.29, 0.717) is 11.3 Å². The number of carbonyl (C=O) groups excluding carboxylic acids is 1. The van der Waals surface area contributed by atoms with E-state index < -0.39 is 0 Å². The average Bonchev–Trinajstić information content (AvgIpc) is 2.95. The summed E-state index contributed by atoms with van der Waals surface area (Å²) in [5.74, 6) is 0.607. The second-order valence-corrected chi connectivity index (χ2v) is 5.40. The molecule has 1 amide bonds. The van der Waals surface area contributed by atoms with Crippen LogP contribution in [0.5, 0.6) is 0 Å². The molecule has 2 N–H and O–H groups in total. The molecular formula is C13H24N2O2. The van der Waals surface area contributed by atoms with Gasteiger partial charge in [0.15, 0.2) is 0 Å². The molecule has 98 valence electrons. The van der Waals surface area contributed by atoms with Gasteiger partial charge in [0.1, 0.15) is 0 Å². The topological polar surface area (TPSA) is 55.6 Å². The van der Waals surface area contributed by atoms with Crippen molar-refractivity contribution in [3.8, 4) is 0 Å². The van der Waals surface area contributed by atoms with Gasteiger partial charge in [-0.3, -0.25) is 4.79 Å². The SMILES string of the molecule is CCOC[C@@H]1CN(C(=O)CN)CC12CCCC2. The van der Waals surface area contributed by atoms with Gasteiger partial charge in [-0.15, -0.1) is 0 Å². The van der Waals surface area contributed by atoms with Crippen LogP contribution in [-0.4, -0.2) is 43.7 Å². The third-order valence-corrected chi connectivity index (χ3v) is 4.46. The predicted molar refractivity (Wildman–Crippen MR) is 66.5 cm³/mol. The summed E-state index contributed by atoms with van der Waals surface area (Å²) in [5.41, 5.74) is 5.80. The highest BCUT2D eigenvalue weighted by atomic mass is 16.5. The smallest absolute Gasteiger partial charge is 0.236 e. The largest absolute Gasteiger partial charge is 0.381 e. The third kappa shape index (κ3) is 2.47. The van der Waals surface area contributed by atoms with E-state index in [0.717, 1.165) is 26.3 Å². The summed E-state index contributed by atoms with van der Waals surface area (Å²) in [7, 11) is 0. The average molecular weight is 240 g/mol. The van der Waals surface area contributed by atoms with E-state index in [1.165, 1.54) is 25.7 Å². The first-order valence-corrected chi connectivity index (χ1v) is 6.77. The summed E-state index contributed by atoms with van der Waals surface area (Å²) in [5, 5.41) is 0. The minimum Gasteiger partial charge on any atom is -0.381 e. The Morgan fingerprint density at radius 1 is 1.47 bits per heavy atom. The zero-order chi connectivity index (χ0) is 12.3. The Morgan fingerprint density at radius 3 is 2.76 bits per heavy atom. The van der Waals surface area contributed by atoms with Gasteiger partial charge >= 0.3 is 0 Å². The molecule has 1 heterocycles. The van der Waals surface area contributed by atoms with Crippen molar-refractivity contribution in [1.29, 1.82) is 0 Å². The maximum atomic E-state index is 11.7. The van der Waals surface area contributed by atoms with Gasteiger partial charge in [-0.05, 0) is 25.2 Å². The van der Waals surface area contributed by atoms with Crippen molar-refractivity contribution >= 4 is 5.91 Å². The van der Waals surface area contributed by atoms with Crippen molar-refractivity contribution in [3.05, 3.63) is 0 Å². The summed E-state index contributed by atoms with van der Waals surface area (Å²) >= 11 is 0. The van der Waals surface area contributed by atoms with Gasteiger partial charge in [-0.25, -0.2) is 0 Å². The van der Waals surface area contributed by atoms with Crippen molar-refractivity contribution in [1.82, 2.24) is 4.90 Å². The molecule has 2 fully saturated rings. The van der Waals surface area contributed by atoms with Crippen molar-refractivity contribution in [2.45, 2.75) is 32.6 Å². The molecule has 0 aromatic heterocycles. The quantitative estimate of drug-likeness (QED) is 0.797. The Morgan fingerprint density at radius 2 is 2.18 bits per heavy atom. The van der Waals surface area contributed by atoms with Gasteiger partial charge < -0.3 is 15.4 Å². The molecule has 17 heavy (non-hydrogen) atoms. The highest BCUT2D eigenvalue weighted by molar-refractivity contribution is 5.78. The normalized spacial score (nSPS) is 26.9. The molecule has 0 bridgehead atoms. The Hall–Kier alpha value is -0.610. The van der Waals surface area contributed by atoms with Crippen LogP contribution in [0.4, 0.5) is 0 Å². The maximum Gasteiger partial charge on any atom is 0.236 e. The standard InChI is InChI=1S/C13H24N2O2/c1-2-17-9-11-8-15(12(16)7-14)10-13(11)5-3-4-6-13/h11H,2-10,14H2,1H3/t11-/m0/s1. The predicted octanol–water partition coefficient (Wildman–Crippen LogP) is 1.00. The fourth-order valence-corrected chi connectivity index (χ4v) is 3.49. The summed E-state index contributed by atoms with van der Waals surface area (Å²) in [6.45, 7) is 5.47. The van der Waals surface area contributed by atoms with Gasteiger partial charge in [0.05, 0.1) is 13.2 Å². The molecule has 1 saturated carbocycles. The molecule has 0 aromatic carbocycles. The molecular weight excluding hydrogens is 216 g/mol. The van der Waals surface area contributed by atoms with Crippen molar-refractivity contribution < 1.29 is 9.53 Å². The summed E-state index contributed by atoms with van der Waals surface area (Å²) < 4.78 is 5.60. The Bertz CT molecular complexity index is 275. The number of ether oxygens (including phenoxy) is 1. The lowest BCUT2D eigenvalue weighted by Crippen LogP contribution is -2.35. The van der Waals surface area contributed by atoms with Gasteiger partial charge in [0.25, 0.3) is 0 Å². The molecule has 1 atom stereocenters. The highest BCUT2D eigenvalue weighted by Crippen LogP contribution is 2.49. The number of hydrogen-bond donors (Lipinski definition) is 1. The fraction of sp³-hybridized carbons (Fsp3) is 0.923. The number of likely N-dealkylation sites (tertiary alicyclic amines) is 1. The van der Waals surface area contributed by atoms with Crippen LogP contribution in [0.1, 0.15) is 32.6 Å². The molecule has 4 nitrogen and oxygen atoms in total. The number of carbonyl (C=O) groups is 1. The highest BCUT2D eigenvalue weighted by Gasteiger charge is 2.48. The van der Waals surface area contributed by atoms with E-state index in [4.69, 9.17) is 10.5 Å². The Labute approximate surface area is 103 Å². The molecule has 0 unspecified atom stereocenters. The number of hydrogen-bond acceptors (Lipinski definition) is 3. The van der Waals surface area contributed by atoms with Crippen molar-refractivity contribution in [3.63, 3.8) is 0 Å². The molecule has 1 aliphatic heterocycles. The van der Waals surface area contributed by atoms with Crippen LogP contribution in [0, 0.1) is 11.3 Å². The summed E-state index contributed by atoms with van der Waals surface area (Å²) in [6.07, 6.45) is 5.10. The zero-order valence-corrected chi connectivity index (χ0v) is 10.8. The lowest BCUT2D eigenvalue weighted by molar-refractivity contribution is -0.129. The third-order valence-electron chi connectivity index (χ3n) is 4.46. The molecule has 1 spiro atoms. The van der Waals surface area contributed by atoms with Gasteiger partial charge in [0, 0.05) is 25.6 Å². The number of nitrogens with zero attached hydrogens (tertiary/aromatic N) is 1. The molecule has 1 aliphatic carbocycles. The van der Waals surface area contributed by atoms with Crippen molar-refractivity contribution in [2.75, 3.05) is 32.8 Å². The lowest BCUT2D eigenvalue weighted by Gasteiger charge is -2.29. The van der Waals surface area contributed by atoms with Crippen molar-refractivity contribution in [2.24, 2.45) is 17.1 Å². The van der Waals surface area contributed by atoms with E-state index in [-0.39, 0.29) is 12.5 Å². The molecule has 0 aromatic rings. The number of rotatable bonds is 4. The number of nitrogens with two attached hydrogens (primary N) is 1. The molecule has 4 heteroatoms. The Kier molecular flexibility index (Phi) is 4.05. The van der Waals surface area contributed by atoms with Crippen LogP contribution < -0.4 is 5.73 Å². The minimum absolute atomic E-state index is 0.0928. The monoisotopic (exact) mass is 240 g/mol. The van der Waals surface area contributed by atoms with E-state index in [1.807, 2.05) is 11.8 Å². The van der Waals surface area contributed by atoms with E-state index in [2.05, 4.69) is 0 Å². The van der Waals surface area contributed by atoms with Crippen LogP contribution in [0.25, 0.3) is 0 Å². The lowest BCUT2D eigenvalue weighted by atomic mass is 9.77. The second kappa shape index (κ2) is 5.36. The zero-order valence-electron chi connectivity index (χ0n) is 10.8. The fourth-order valence-electron chi connectivity index (χ4n) is 3.49. The summed E-state index contributed by atoms with van der Waals surface area (Å²) in [6, 6.07) is 0. The molecule has 0 radical (unpaired) electrons. The molecule has 2 rings (SSSR count). The first kappa shape index (κ1) is 12.8. The van der Waals surface area contributed by atoms with E-state index in [9.17, 15) is 4.79 Å². The van der Waals surface area contributed by atoms with E-state index in [1.54, 1.807) is 0 Å². The van der Waals surface area contributed by atoms with Crippen LogP contribution in [-0.2, 0) is 9.53 Å². The number of amides is 1. The maximum absolute atomic E-state index is 11.7. The second-order valence-electron chi connectivity index (χ2n) is 5.40. The van der Waals surface area contributed by atoms with Gasteiger partial charge in [-0.1, -0.05) is 12.8 Å². The molecule has 2 aliphatic rings. The first-order chi connectivity index (χ1) is 8.22.